The number of aromatic amines is 1. The van der Waals surface area contributed by atoms with Gasteiger partial charge in [0.15, 0.2) is 0 Å². The van der Waals surface area contributed by atoms with E-state index in [9.17, 15) is 9.59 Å². The number of nitrogens with two attached hydrogens (primary N) is 1. The number of anilines is 1. The number of nitrogens with zero attached hydrogens (tertiary/aromatic N) is 5. The molecule has 0 atom stereocenters. The zero-order chi connectivity index (χ0) is 24.9. The molecule has 0 radical (unpaired) electrons. The van der Waals surface area contributed by atoms with Crippen LogP contribution in [0.3, 0.4) is 0 Å². The van der Waals surface area contributed by atoms with Gasteiger partial charge in [0.1, 0.15) is 11.6 Å². The minimum absolute atomic E-state index is 0.0280. The summed E-state index contributed by atoms with van der Waals surface area (Å²) in [6.45, 7) is 4.09. The summed E-state index contributed by atoms with van der Waals surface area (Å²) in [4.78, 5) is 28.2. The Labute approximate surface area is 201 Å². The van der Waals surface area contributed by atoms with Gasteiger partial charge in [-0.1, -0.05) is 30.3 Å². The van der Waals surface area contributed by atoms with Crippen molar-refractivity contribution in [3.8, 4) is 17.2 Å². The molecule has 4 aromatic rings. The molecule has 1 aliphatic heterocycles. The van der Waals surface area contributed by atoms with E-state index in [2.05, 4.69) is 25.4 Å². The van der Waals surface area contributed by atoms with Gasteiger partial charge in [0, 0.05) is 26.0 Å². The average molecular weight is 476 g/mol. The van der Waals surface area contributed by atoms with E-state index < -0.39 is 5.91 Å². The van der Waals surface area contributed by atoms with Crippen molar-refractivity contribution in [3.05, 3.63) is 71.1 Å². The number of hydrogen-bond acceptors (Lipinski definition) is 8. The number of primary amides is 1. The van der Waals surface area contributed by atoms with Crippen LogP contribution in [0.4, 0.5) is 5.69 Å². The van der Waals surface area contributed by atoms with Crippen LogP contribution in [0.2, 0.25) is 0 Å². The van der Waals surface area contributed by atoms with Gasteiger partial charge in [-0.05, 0) is 30.2 Å². The molecule has 0 unspecified atom stereocenters. The fraction of sp³-hybridized carbons (Fsp3) is 0.250. The lowest BCUT2D eigenvalue weighted by Crippen LogP contribution is -2.25. The van der Waals surface area contributed by atoms with Gasteiger partial charge in [-0.2, -0.15) is 0 Å². The van der Waals surface area contributed by atoms with Gasteiger partial charge >= 0.3 is 0 Å². The molecule has 0 spiro atoms. The highest BCUT2D eigenvalue weighted by Gasteiger charge is 2.23. The second-order valence-electron chi connectivity index (χ2n) is 7.94. The summed E-state index contributed by atoms with van der Waals surface area (Å²) in [5.41, 5.74) is 8.65. The Kier molecular flexibility index (Phi) is 6.86. The topological polar surface area (TPSA) is 153 Å². The Morgan fingerprint density at radius 3 is 2.60 bits per heavy atom. The molecule has 3 heterocycles. The second-order valence-corrected chi connectivity index (χ2v) is 7.94. The predicted molar refractivity (Wildman–Crippen MR) is 127 cm³/mol. The molecule has 0 saturated heterocycles. The molecule has 0 aliphatic carbocycles. The zero-order valence-electron chi connectivity index (χ0n) is 19.6. The van der Waals surface area contributed by atoms with Crippen LogP contribution >= 0.6 is 0 Å². The molecule has 5 rings (SSSR count). The lowest BCUT2D eigenvalue weighted by atomic mass is 10.1. The SMILES string of the molecule is Cc1nnc(-c2cc3c(cc2C)OCCC(=O)N3C)o1.NC(=O)c1n[nH]c(Cc2ccccc2)n1. The highest BCUT2D eigenvalue weighted by molar-refractivity contribution is 5.96. The van der Waals surface area contributed by atoms with Gasteiger partial charge in [0.25, 0.3) is 5.91 Å². The van der Waals surface area contributed by atoms with Gasteiger partial charge < -0.3 is 19.8 Å². The van der Waals surface area contributed by atoms with E-state index in [1.807, 2.05) is 49.4 Å². The maximum Gasteiger partial charge on any atom is 0.288 e. The van der Waals surface area contributed by atoms with E-state index in [1.165, 1.54) is 0 Å². The molecule has 3 N–H and O–H groups in total. The Bertz CT molecular complexity index is 1350. The zero-order valence-corrected chi connectivity index (χ0v) is 19.6. The smallest absolute Gasteiger partial charge is 0.288 e. The lowest BCUT2D eigenvalue weighted by Gasteiger charge is -2.17. The standard InChI is InChI=1S/C14H15N3O3.C10H10N4O/c1-8-6-12-11(17(3)13(18)4-5-19-12)7-10(8)14-16-15-9(2)20-14;11-9(15)10-12-8(13-14-10)6-7-4-2-1-3-5-7/h6-7H,4-5H2,1-3H3;1-5H,6H2,(H2,11,15)(H,12,13,14). The monoisotopic (exact) mass is 475 g/mol. The normalized spacial score (nSPS) is 12.8. The third kappa shape index (κ3) is 5.52. The maximum atomic E-state index is 11.9. The Hall–Kier alpha value is -4.54. The number of nitrogens with one attached hydrogen (secondary N) is 1. The fourth-order valence-electron chi connectivity index (χ4n) is 3.51. The maximum absolute atomic E-state index is 11.9. The third-order valence-corrected chi connectivity index (χ3v) is 5.34. The summed E-state index contributed by atoms with van der Waals surface area (Å²) in [7, 11) is 1.74. The molecule has 35 heavy (non-hydrogen) atoms. The number of amides is 2. The van der Waals surface area contributed by atoms with Crippen molar-refractivity contribution in [2.75, 3.05) is 18.6 Å². The van der Waals surface area contributed by atoms with E-state index in [4.69, 9.17) is 14.9 Å². The van der Waals surface area contributed by atoms with Crippen LogP contribution in [-0.2, 0) is 11.2 Å². The van der Waals surface area contributed by atoms with Crippen LogP contribution < -0.4 is 15.4 Å². The quantitative estimate of drug-likeness (QED) is 0.457. The number of ether oxygens (including phenoxy) is 1. The minimum Gasteiger partial charge on any atom is -0.491 e. The molecular weight excluding hydrogens is 450 g/mol. The summed E-state index contributed by atoms with van der Waals surface area (Å²) >= 11 is 0. The van der Waals surface area contributed by atoms with Crippen molar-refractivity contribution in [1.82, 2.24) is 25.4 Å². The molecule has 11 heteroatoms. The van der Waals surface area contributed by atoms with E-state index in [0.717, 1.165) is 22.4 Å². The Morgan fingerprint density at radius 1 is 1.17 bits per heavy atom. The van der Waals surface area contributed by atoms with Crippen LogP contribution in [0.25, 0.3) is 11.5 Å². The largest absolute Gasteiger partial charge is 0.491 e. The van der Waals surface area contributed by atoms with E-state index in [0.29, 0.717) is 42.8 Å². The van der Waals surface area contributed by atoms with Gasteiger partial charge in [0.05, 0.1) is 18.7 Å². The number of carbonyl (C=O) groups is 2. The van der Waals surface area contributed by atoms with E-state index in [1.54, 1.807) is 18.9 Å². The van der Waals surface area contributed by atoms with Crippen molar-refractivity contribution >= 4 is 17.5 Å². The molecule has 2 amide bonds. The summed E-state index contributed by atoms with van der Waals surface area (Å²) < 4.78 is 11.1. The number of H-pyrrole nitrogens is 1. The predicted octanol–water partition coefficient (Wildman–Crippen LogP) is 2.59. The molecule has 180 valence electrons. The number of aryl methyl sites for hydroxylation is 2. The number of hydrogen-bond donors (Lipinski definition) is 2. The Morgan fingerprint density at radius 2 is 1.94 bits per heavy atom. The van der Waals surface area contributed by atoms with Crippen LogP contribution in [0.5, 0.6) is 5.75 Å². The minimum atomic E-state index is -0.620. The molecule has 2 aromatic heterocycles. The van der Waals surface area contributed by atoms with Gasteiger partial charge in [-0.3, -0.25) is 14.7 Å². The number of carbonyl (C=O) groups excluding carboxylic acids is 2. The summed E-state index contributed by atoms with van der Waals surface area (Å²) in [6.07, 6.45) is 0.986. The molecule has 0 bridgehead atoms. The Balaban J connectivity index is 0.000000172. The lowest BCUT2D eigenvalue weighted by molar-refractivity contribution is -0.118. The summed E-state index contributed by atoms with van der Waals surface area (Å²) in [5.74, 6) is 1.74. The number of aromatic nitrogens is 5. The average Bonchev–Trinajstić information content (AvgIpc) is 3.46. The van der Waals surface area contributed by atoms with E-state index in [-0.39, 0.29) is 11.7 Å². The molecule has 11 nitrogen and oxygen atoms in total. The van der Waals surface area contributed by atoms with Gasteiger partial charge in [-0.25, -0.2) is 4.98 Å². The first-order valence-corrected chi connectivity index (χ1v) is 10.9. The molecular formula is C24H25N7O4. The number of rotatable bonds is 4. The second kappa shape index (κ2) is 10.2. The van der Waals surface area contributed by atoms with Gasteiger partial charge in [0.2, 0.25) is 23.5 Å². The van der Waals surface area contributed by atoms with Crippen LogP contribution in [0.1, 0.15) is 39.9 Å². The number of benzene rings is 2. The van der Waals surface area contributed by atoms with Crippen molar-refractivity contribution in [2.45, 2.75) is 26.7 Å². The molecule has 0 fully saturated rings. The number of fused-ring (bicyclic) bond motifs is 1. The van der Waals surface area contributed by atoms with Crippen molar-refractivity contribution in [3.63, 3.8) is 0 Å². The highest BCUT2D eigenvalue weighted by atomic mass is 16.5. The summed E-state index contributed by atoms with van der Waals surface area (Å²) in [6, 6.07) is 13.6. The van der Waals surface area contributed by atoms with Crippen LogP contribution in [0, 0.1) is 13.8 Å². The van der Waals surface area contributed by atoms with Crippen LogP contribution in [-0.4, -0.2) is 50.8 Å². The molecule has 0 saturated carbocycles. The van der Waals surface area contributed by atoms with Crippen molar-refractivity contribution in [2.24, 2.45) is 5.73 Å². The first-order chi connectivity index (χ1) is 16.8. The third-order valence-electron chi connectivity index (χ3n) is 5.34. The van der Waals surface area contributed by atoms with E-state index >= 15 is 0 Å². The molecule has 1 aliphatic rings. The van der Waals surface area contributed by atoms with Crippen LogP contribution in [0.15, 0.2) is 46.9 Å². The molecule has 2 aromatic carbocycles. The summed E-state index contributed by atoms with van der Waals surface area (Å²) in [5, 5.41) is 14.2. The van der Waals surface area contributed by atoms with Gasteiger partial charge in [-0.15, -0.1) is 15.3 Å². The fourth-order valence-corrected chi connectivity index (χ4v) is 3.51. The van der Waals surface area contributed by atoms with Crippen molar-refractivity contribution in [1.29, 1.82) is 0 Å². The highest BCUT2D eigenvalue weighted by Crippen LogP contribution is 2.37. The van der Waals surface area contributed by atoms with Crippen molar-refractivity contribution < 1.29 is 18.7 Å². The first kappa shape index (κ1) is 23.6. The first-order valence-electron chi connectivity index (χ1n) is 10.9.